The average Bonchev–Trinajstić information content (AvgIpc) is 2.28. The van der Waals surface area contributed by atoms with E-state index < -0.39 is 0 Å². The van der Waals surface area contributed by atoms with Crippen molar-refractivity contribution in [1.29, 1.82) is 0 Å². The van der Waals surface area contributed by atoms with Crippen molar-refractivity contribution in [1.82, 2.24) is 0 Å². The Balaban J connectivity index is 2.78. The van der Waals surface area contributed by atoms with Gasteiger partial charge in [0, 0.05) is 28.4 Å². The van der Waals surface area contributed by atoms with Crippen LogP contribution < -0.4 is 0 Å². The number of hydrogen-bond donors (Lipinski definition) is 0. The Morgan fingerprint density at radius 3 is 1.88 bits per heavy atom. The first-order valence-electron chi connectivity index (χ1n) is 5.42. The van der Waals surface area contributed by atoms with E-state index in [1.54, 1.807) is 28.4 Å². The zero-order valence-corrected chi connectivity index (χ0v) is 10.6. The molecule has 0 aromatic rings. The molecular weight excluding hydrogens is 212 g/mol. The van der Waals surface area contributed by atoms with Gasteiger partial charge < -0.3 is 23.7 Å². The maximum Gasteiger partial charge on any atom is 0.114 e. The van der Waals surface area contributed by atoms with Crippen molar-refractivity contribution < 1.29 is 23.7 Å². The maximum atomic E-state index is 5.81. The van der Waals surface area contributed by atoms with Crippen molar-refractivity contribution in [2.45, 2.75) is 37.4 Å². The number of hydrogen-bond acceptors (Lipinski definition) is 5. The smallest absolute Gasteiger partial charge is 0.114 e. The highest BCUT2D eigenvalue weighted by Crippen LogP contribution is 2.26. The molecule has 1 aliphatic heterocycles. The minimum absolute atomic E-state index is 0.0403. The van der Waals surface area contributed by atoms with Gasteiger partial charge in [-0.3, -0.25) is 0 Å². The van der Waals surface area contributed by atoms with Gasteiger partial charge in [-0.1, -0.05) is 0 Å². The Hall–Kier alpha value is -0.200. The largest absolute Gasteiger partial charge is 0.382 e. The van der Waals surface area contributed by atoms with Crippen molar-refractivity contribution >= 4 is 0 Å². The third kappa shape index (κ3) is 2.73. The van der Waals surface area contributed by atoms with E-state index in [-0.39, 0.29) is 30.5 Å². The van der Waals surface area contributed by atoms with Gasteiger partial charge in [0.05, 0.1) is 12.7 Å². The predicted octanol–water partition coefficient (Wildman–Crippen LogP) is 0.465. The molecule has 1 fully saturated rings. The molecule has 1 rings (SSSR count). The van der Waals surface area contributed by atoms with Gasteiger partial charge in [-0.15, -0.1) is 0 Å². The molecule has 0 amide bonds. The topological polar surface area (TPSA) is 46.2 Å². The lowest BCUT2D eigenvalue weighted by Crippen LogP contribution is -2.59. The van der Waals surface area contributed by atoms with E-state index in [1.807, 2.05) is 6.92 Å². The van der Waals surface area contributed by atoms with Crippen LogP contribution in [0.2, 0.25) is 0 Å². The van der Waals surface area contributed by atoms with E-state index in [1.165, 1.54) is 0 Å². The fourth-order valence-corrected chi connectivity index (χ4v) is 2.27. The molecule has 0 radical (unpaired) electrons. The van der Waals surface area contributed by atoms with Gasteiger partial charge in [-0.25, -0.2) is 0 Å². The Kier molecular flexibility index (Phi) is 5.64. The molecule has 0 aromatic heterocycles. The summed E-state index contributed by atoms with van der Waals surface area (Å²) in [6.07, 6.45) is -0.601. The molecule has 0 spiro atoms. The van der Waals surface area contributed by atoms with Gasteiger partial charge in [0.25, 0.3) is 0 Å². The summed E-state index contributed by atoms with van der Waals surface area (Å²) in [5.74, 6) is 0. The molecular formula is C11H22O5. The third-order valence-corrected chi connectivity index (χ3v) is 3.01. The number of methoxy groups -OCH3 is 4. The van der Waals surface area contributed by atoms with Crippen molar-refractivity contribution in [2.75, 3.05) is 35.0 Å². The zero-order chi connectivity index (χ0) is 12.1. The highest BCUT2D eigenvalue weighted by atomic mass is 16.6. The minimum atomic E-state index is -0.175. The lowest BCUT2D eigenvalue weighted by molar-refractivity contribution is -0.245. The molecule has 1 heterocycles. The molecule has 0 aromatic carbocycles. The molecule has 5 heteroatoms. The zero-order valence-electron chi connectivity index (χ0n) is 10.6. The molecule has 16 heavy (non-hydrogen) atoms. The van der Waals surface area contributed by atoms with E-state index in [9.17, 15) is 0 Å². The monoisotopic (exact) mass is 234 g/mol. The number of rotatable bonds is 5. The average molecular weight is 234 g/mol. The van der Waals surface area contributed by atoms with E-state index in [0.29, 0.717) is 6.61 Å². The second-order valence-corrected chi connectivity index (χ2v) is 3.94. The van der Waals surface area contributed by atoms with Crippen LogP contribution in [0.15, 0.2) is 0 Å². The minimum Gasteiger partial charge on any atom is -0.382 e. The van der Waals surface area contributed by atoms with Crippen LogP contribution in [0.5, 0.6) is 0 Å². The summed E-state index contributed by atoms with van der Waals surface area (Å²) in [4.78, 5) is 0. The molecule has 1 saturated heterocycles. The van der Waals surface area contributed by atoms with Gasteiger partial charge in [0.2, 0.25) is 0 Å². The highest BCUT2D eigenvalue weighted by molar-refractivity contribution is 4.93. The van der Waals surface area contributed by atoms with Crippen LogP contribution in [0, 0.1) is 0 Å². The van der Waals surface area contributed by atoms with E-state index in [4.69, 9.17) is 23.7 Å². The normalized spacial score (nSPS) is 39.9. The van der Waals surface area contributed by atoms with E-state index >= 15 is 0 Å². The van der Waals surface area contributed by atoms with Crippen LogP contribution in [-0.4, -0.2) is 65.6 Å². The molecule has 0 N–H and O–H groups in total. The van der Waals surface area contributed by atoms with Crippen LogP contribution in [0.3, 0.4) is 0 Å². The third-order valence-electron chi connectivity index (χ3n) is 3.01. The molecule has 5 nitrogen and oxygen atoms in total. The molecule has 0 saturated carbocycles. The first kappa shape index (κ1) is 13.9. The van der Waals surface area contributed by atoms with Gasteiger partial charge in [-0.2, -0.15) is 0 Å². The molecule has 1 aliphatic rings. The summed E-state index contributed by atoms with van der Waals surface area (Å²) < 4.78 is 27.2. The summed E-state index contributed by atoms with van der Waals surface area (Å²) in [7, 11) is 6.60. The van der Waals surface area contributed by atoms with Gasteiger partial charge in [0.15, 0.2) is 0 Å². The molecule has 96 valence electrons. The summed E-state index contributed by atoms with van der Waals surface area (Å²) in [5.41, 5.74) is 0. The summed E-state index contributed by atoms with van der Waals surface area (Å²) >= 11 is 0. The Labute approximate surface area is 97.0 Å². The Morgan fingerprint density at radius 1 is 0.875 bits per heavy atom. The second-order valence-electron chi connectivity index (χ2n) is 3.94. The fourth-order valence-electron chi connectivity index (χ4n) is 2.27. The van der Waals surface area contributed by atoms with Crippen molar-refractivity contribution in [3.05, 3.63) is 0 Å². The van der Waals surface area contributed by atoms with Gasteiger partial charge >= 0.3 is 0 Å². The van der Waals surface area contributed by atoms with Gasteiger partial charge in [0.1, 0.15) is 24.4 Å². The lowest BCUT2D eigenvalue weighted by Gasteiger charge is -2.43. The Morgan fingerprint density at radius 2 is 1.44 bits per heavy atom. The van der Waals surface area contributed by atoms with Crippen LogP contribution in [-0.2, 0) is 23.7 Å². The maximum absolute atomic E-state index is 5.81. The Bertz CT molecular complexity index is 199. The van der Waals surface area contributed by atoms with Crippen LogP contribution in [0.25, 0.3) is 0 Å². The number of ether oxygens (including phenoxy) is 5. The van der Waals surface area contributed by atoms with Gasteiger partial charge in [-0.05, 0) is 6.92 Å². The first-order valence-corrected chi connectivity index (χ1v) is 5.42. The van der Waals surface area contributed by atoms with Crippen LogP contribution in [0.1, 0.15) is 6.92 Å². The molecule has 0 aliphatic carbocycles. The second kappa shape index (κ2) is 6.51. The molecule has 3 unspecified atom stereocenters. The standard InChI is InChI=1S/C11H22O5/c1-7-9(13-3)11(15-5)10(14-4)8(16-7)6-12-2/h7-11H,6H2,1-5H3/t7-,8?,9?,10-,11?/m0/s1. The SMILES string of the molecule is COCC1O[C@@H](C)C(OC)C(OC)[C@H]1OC. The molecule has 0 bridgehead atoms. The van der Waals surface area contributed by atoms with Crippen LogP contribution >= 0.6 is 0 Å². The molecule has 5 atom stereocenters. The van der Waals surface area contributed by atoms with Crippen molar-refractivity contribution in [3.8, 4) is 0 Å². The lowest BCUT2D eigenvalue weighted by atomic mass is 9.95. The van der Waals surface area contributed by atoms with Crippen LogP contribution in [0.4, 0.5) is 0 Å². The van der Waals surface area contributed by atoms with Crippen molar-refractivity contribution in [2.24, 2.45) is 0 Å². The predicted molar refractivity (Wildman–Crippen MR) is 58.6 cm³/mol. The summed E-state index contributed by atoms with van der Waals surface area (Å²) in [6, 6.07) is 0. The summed E-state index contributed by atoms with van der Waals surface area (Å²) in [5, 5.41) is 0. The fraction of sp³-hybridized carbons (Fsp3) is 1.00. The van der Waals surface area contributed by atoms with E-state index in [2.05, 4.69) is 0 Å². The highest BCUT2D eigenvalue weighted by Gasteiger charge is 2.45. The van der Waals surface area contributed by atoms with E-state index in [0.717, 1.165) is 0 Å². The first-order chi connectivity index (χ1) is 7.69. The van der Waals surface area contributed by atoms with Crippen molar-refractivity contribution in [3.63, 3.8) is 0 Å². The summed E-state index contributed by atoms with van der Waals surface area (Å²) in [6.45, 7) is 2.45. The quantitative estimate of drug-likeness (QED) is 0.692.